The summed E-state index contributed by atoms with van der Waals surface area (Å²) in [5.74, 6) is 1.53. The van der Waals surface area contributed by atoms with Crippen molar-refractivity contribution in [1.29, 1.82) is 0 Å². The third kappa shape index (κ3) is 6.33. The monoisotopic (exact) mass is 416 g/mol. The number of nitrogens with one attached hydrogen (secondary N) is 1. The molecule has 1 fully saturated rings. The highest BCUT2D eigenvalue weighted by Gasteiger charge is 2.11. The lowest BCUT2D eigenvalue weighted by molar-refractivity contribution is 0.284. The Balaban J connectivity index is 1.28. The van der Waals surface area contributed by atoms with Crippen LogP contribution in [0.5, 0.6) is 11.5 Å². The smallest absolute Gasteiger partial charge is 0.161 e. The van der Waals surface area contributed by atoms with Gasteiger partial charge in [0.25, 0.3) is 0 Å². The van der Waals surface area contributed by atoms with Gasteiger partial charge < -0.3 is 14.8 Å². The molecule has 0 amide bonds. The molecule has 0 aromatic heterocycles. The fourth-order valence-corrected chi connectivity index (χ4v) is 3.99. The molecule has 3 aromatic carbocycles. The third-order valence-corrected chi connectivity index (χ3v) is 5.75. The summed E-state index contributed by atoms with van der Waals surface area (Å²) in [7, 11) is 1.68. The second-order valence-electron chi connectivity index (χ2n) is 8.16. The average molecular weight is 417 g/mol. The number of hydrogen-bond donors (Lipinski definition) is 1. The Labute approximate surface area is 185 Å². The van der Waals surface area contributed by atoms with Crippen molar-refractivity contribution in [1.82, 2.24) is 10.2 Å². The molecule has 0 radical (unpaired) electrons. The molecule has 1 saturated heterocycles. The maximum atomic E-state index is 6.03. The highest BCUT2D eigenvalue weighted by atomic mass is 16.5. The van der Waals surface area contributed by atoms with Crippen LogP contribution in [0, 0.1) is 0 Å². The molecule has 0 spiro atoms. The van der Waals surface area contributed by atoms with Gasteiger partial charge in [0.2, 0.25) is 0 Å². The number of methoxy groups -OCH3 is 1. The van der Waals surface area contributed by atoms with Crippen molar-refractivity contribution in [3.05, 3.63) is 95.1 Å². The van der Waals surface area contributed by atoms with Crippen molar-refractivity contribution in [2.45, 2.75) is 39.1 Å². The van der Waals surface area contributed by atoms with Gasteiger partial charge in [-0.2, -0.15) is 0 Å². The molecule has 1 aliphatic heterocycles. The maximum Gasteiger partial charge on any atom is 0.161 e. The molecule has 0 atom stereocenters. The minimum atomic E-state index is 0.526. The van der Waals surface area contributed by atoms with Gasteiger partial charge in [0.05, 0.1) is 7.11 Å². The average Bonchev–Trinajstić information content (AvgIpc) is 3.33. The minimum Gasteiger partial charge on any atom is -0.493 e. The van der Waals surface area contributed by atoms with Crippen LogP contribution in [-0.4, -0.2) is 25.1 Å². The highest BCUT2D eigenvalue weighted by Crippen LogP contribution is 2.29. The summed E-state index contributed by atoms with van der Waals surface area (Å²) in [4.78, 5) is 2.54. The van der Waals surface area contributed by atoms with Crippen molar-refractivity contribution in [3.63, 3.8) is 0 Å². The SMILES string of the molecule is COc1ccc(CNCc2ccc(CN3CCCC3)cc2)cc1OCc1ccccc1. The predicted molar refractivity (Wildman–Crippen MR) is 125 cm³/mol. The highest BCUT2D eigenvalue weighted by molar-refractivity contribution is 5.43. The van der Waals surface area contributed by atoms with Crippen molar-refractivity contribution in [2.75, 3.05) is 20.2 Å². The summed E-state index contributed by atoms with van der Waals surface area (Å²) in [5.41, 5.74) is 5.02. The molecule has 162 valence electrons. The third-order valence-electron chi connectivity index (χ3n) is 5.75. The van der Waals surface area contributed by atoms with Crippen LogP contribution in [0.15, 0.2) is 72.8 Å². The van der Waals surface area contributed by atoms with Crippen molar-refractivity contribution in [3.8, 4) is 11.5 Å². The molecule has 0 bridgehead atoms. The molecular formula is C27H32N2O2. The standard InChI is InChI=1S/C27H32N2O2/c1-30-26-14-13-25(17-27(26)31-21-24-7-3-2-4-8-24)19-28-18-22-9-11-23(12-10-22)20-29-15-5-6-16-29/h2-4,7-14,17,28H,5-6,15-16,18-21H2,1H3. The van der Waals surface area contributed by atoms with Crippen LogP contribution in [0.2, 0.25) is 0 Å². The fourth-order valence-electron chi connectivity index (χ4n) is 3.99. The summed E-state index contributed by atoms with van der Waals surface area (Å²) >= 11 is 0. The van der Waals surface area contributed by atoms with E-state index < -0.39 is 0 Å². The van der Waals surface area contributed by atoms with E-state index in [2.05, 4.69) is 58.7 Å². The van der Waals surface area contributed by atoms with Crippen molar-refractivity contribution in [2.24, 2.45) is 0 Å². The Morgan fingerprint density at radius 2 is 1.42 bits per heavy atom. The summed E-state index contributed by atoms with van der Waals surface area (Å²) < 4.78 is 11.5. The van der Waals surface area contributed by atoms with Crippen LogP contribution < -0.4 is 14.8 Å². The van der Waals surface area contributed by atoms with E-state index in [1.807, 2.05) is 24.3 Å². The zero-order chi connectivity index (χ0) is 21.3. The molecule has 3 aromatic rings. The number of nitrogens with zero attached hydrogens (tertiary/aromatic N) is 1. The zero-order valence-corrected chi connectivity index (χ0v) is 18.3. The second-order valence-corrected chi connectivity index (χ2v) is 8.16. The van der Waals surface area contributed by atoms with Gasteiger partial charge in [0.15, 0.2) is 11.5 Å². The lowest BCUT2D eigenvalue weighted by Gasteiger charge is -2.15. The Morgan fingerprint density at radius 1 is 0.742 bits per heavy atom. The molecule has 0 unspecified atom stereocenters. The molecule has 1 N–H and O–H groups in total. The number of likely N-dealkylation sites (tertiary alicyclic amines) is 1. The molecule has 4 rings (SSSR count). The van der Waals surface area contributed by atoms with Crippen LogP contribution in [-0.2, 0) is 26.2 Å². The summed E-state index contributed by atoms with van der Waals surface area (Å²) in [6.45, 7) is 5.70. The molecule has 1 aliphatic rings. The molecule has 4 heteroatoms. The van der Waals surface area contributed by atoms with E-state index in [-0.39, 0.29) is 0 Å². The van der Waals surface area contributed by atoms with Crippen molar-refractivity contribution >= 4 is 0 Å². The van der Waals surface area contributed by atoms with Gasteiger partial charge in [-0.1, -0.05) is 60.7 Å². The molecule has 0 saturated carbocycles. The summed E-state index contributed by atoms with van der Waals surface area (Å²) in [5, 5.41) is 3.54. The Hall–Kier alpha value is -2.82. The van der Waals surface area contributed by atoms with Crippen LogP contribution in [0.4, 0.5) is 0 Å². The topological polar surface area (TPSA) is 33.7 Å². The Bertz CT molecular complexity index is 935. The maximum absolute atomic E-state index is 6.03. The summed E-state index contributed by atoms with van der Waals surface area (Å²) in [6.07, 6.45) is 2.68. The van der Waals surface area contributed by atoms with E-state index in [0.717, 1.165) is 36.7 Å². The van der Waals surface area contributed by atoms with Crippen LogP contribution in [0.3, 0.4) is 0 Å². The van der Waals surface area contributed by atoms with Gasteiger partial charge in [0.1, 0.15) is 6.61 Å². The molecule has 31 heavy (non-hydrogen) atoms. The first-order valence-corrected chi connectivity index (χ1v) is 11.1. The first-order chi connectivity index (χ1) is 15.3. The van der Waals surface area contributed by atoms with E-state index >= 15 is 0 Å². The normalized spacial score (nSPS) is 14.0. The largest absolute Gasteiger partial charge is 0.493 e. The van der Waals surface area contributed by atoms with Crippen LogP contribution in [0.25, 0.3) is 0 Å². The molecule has 4 nitrogen and oxygen atoms in total. The van der Waals surface area contributed by atoms with Gasteiger partial charge in [0, 0.05) is 19.6 Å². The van der Waals surface area contributed by atoms with E-state index in [4.69, 9.17) is 9.47 Å². The second kappa shape index (κ2) is 11.0. The van der Waals surface area contributed by atoms with Gasteiger partial charge in [-0.05, 0) is 60.3 Å². The zero-order valence-electron chi connectivity index (χ0n) is 18.3. The first kappa shape index (κ1) is 21.4. The number of rotatable bonds is 10. The van der Waals surface area contributed by atoms with Gasteiger partial charge in [-0.25, -0.2) is 0 Å². The van der Waals surface area contributed by atoms with E-state index in [0.29, 0.717) is 6.61 Å². The van der Waals surface area contributed by atoms with Crippen LogP contribution >= 0.6 is 0 Å². The lowest BCUT2D eigenvalue weighted by Crippen LogP contribution is -2.18. The van der Waals surface area contributed by atoms with Crippen LogP contribution in [0.1, 0.15) is 35.1 Å². The quantitative estimate of drug-likeness (QED) is 0.495. The lowest BCUT2D eigenvalue weighted by atomic mass is 10.1. The molecular weight excluding hydrogens is 384 g/mol. The Morgan fingerprint density at radius 3 is 2.16 bits per heavy atom. The van der Waals surface area contributed by atoms with Gasteiger partial charge >= 0.3 is 0 Å². The summed E-state index contributed by atoms with van der Waals surface area (Å²) in [6, 6.07) is 25.3. The number of benzene rings is 3. The molecule has 1 heterocycles. The van der Waals surface area contributed by atoms with Gasteiger partial charge in [-0.3, -0.25) is 4.90 Å². The first-order valence-electron chi connectivity index (χ1n) is 11.1. The van der Waals surface area contributed by atoms with E-state index in [9.17, 15) is 0 Å². The molecule has 0 aliphatic carbocycles. The van der Waals surface area contributed by atoms with Gasteiger partial charge in [-0.15, -0.1) is 0 Å². The number of ether oxygens (including phenoxy) is 2. The fraction of sp³-hybridized carbons (Fsp3) is 0.333. The Kier molecular flexibility index (Phi) is 7.59. The van der Waals surface area contributed by atoms with E-state index in [1.54, 1.807) is 7.11 Å². The minimum absolute atomic E-state index is 0.526. The van der Waals surface area contributed by atoms with Crippen molar-refractivity contribution < 1.29 is 9.47 Å². The number of hydrogen-bond acceptors (Lipinski definition) is 4. The van der Waals surface area contributed by atoms with E-state index in [1.165, 1.54) is 42.6 Å². The predicted octanol–water partition coefficient (Wildman–Crippen LogP) is 5.16.